The van der Waals surface area contributed by atoms with Gasteiger partial charge < -0.3 is 9.64 Å². The van der Waals surface area contributed by atoms with Crippen molar-refractivity contribution in [2.75, 3.05) is 57.4 Å². The zero-order valence-electron chi connectivity index (χ0n) is 29.1. The molecule has 2 heterocycles. The van der Waals surface area contributed by atoms with Gasteiger partial charge in [-0.05, 0) is 80.4 Å². The van der Waals surface area contributed by atoms with Crippen molar-refractivity contribution in [1.82, 2.24) is 12.9 Å². The number of nitrogens with zero attached hydrogens (tertiary/aromatic N) is 4. The molecule has 11 nitrogen and oxygen atoms in total. The van der Waals surface area contributed by atoms with Crippen molar-refractivity contribution in [3.05, 3.63) is 119 Å². The number of benzene rings is 4. The maximum absolute atomic E-state index is 14.3. The molecular formula is C37H44N4O7S3. The summed E-state index contributed by atoms with van der Waals surface area (Å²) in [5.74, 6) is 0. The fourth-order valence-electron chi connectivity index (χ4n) is 6.28. The van der Waals surface area contributed by atoms with E-state index in [1.807, 2.05) is 39.0 Å². The van der Waals surface area contributed by atoms with Crippen LogP contribution in [-0.4, -0.2) is 90.7 Å². The highest BCUT2D eigenvalue weighted by molar-refractivity contribution is 7.89. The van der Waals surface area contributed by atoms with E-state index in [-0.39, 0.29) is 54.0 Å². The number of hydrogen-bond donors (Lipinski definition) is 0. The summed E-state index contributed by atoms with van der Waals surface area (Å²) in [4.78, 5) is 2.40. The van der Waals surface area contributed by atoms with Gasteiger partial charge in [0.05, 0.1) is 27.9 Å². The summed E-state index contributed by atoms with van der Waals surface area (Å²) in [7, 11) is -12.3. The lowest BCUT2D eigenvalue weighted by atomic mass is 10.1. The number of anilines is 1. The molecule has 0 aliphatic carbocycles. The average Bonchev–Trinajstić information content (AvgIpc) is 3.10. The number of hydrogen-bond acceptors (Lipinski definition) is 8. The Kier molecular flexibility index (Phi) is 11.0. The molecule has 2 aliphatic rings. The van der Waals surface area contributed by atoms with E-state index in [1.165, 1.54) is 25.0 Å². The Morgan fingerprint density at radius 1 is 0.451 bits per heavy atom. The molecule has 0 aromatic heterocycles. The van der Waals surface area contributed by atoms with Crippen LogP contribution in [0.3, 0.4) is 0 Å². The van der Waals surface area contributed by atoms with Crippen LogP contribution in [0.25, 0.3) is 0 Å². The molecule has 4 aromatic carbocycles. The summed E-state index contributed by atoms with van der Waals surface area (Å²) in [6.45, 7) is 7.11. The van der Waals surface area contributed by atoms with Crippen LogP contribution in [0.2, 0.25) is 0 Å². The van der Waals surface area contributed by atoms with Crippen LogP contribution in [0, 0.1) is 20.8 Å². The smallest absolute Gasteiger partial charge is 0.243 e. The molecule has 2 aliphatic heterocycles. The van der Waals surface area contributed by atoms with Crippen LogP contribution in [-0.2, 0) is 47.9 Å². The van der Waals surface area contributed by atoms with Crippen LogP contribution in [0.15, 0.2) is 106 Å². The molecule has 0 amide bonds. The van der Waals surface area contributed by atoms with E-state index in [2.05, 4.69) is 4.90 Å². The van der Waals surface area contributed by atoms with E-state index in [9.17, 15) is 25.3 Å². The summed E-state index contributed by atoms with van der Waals surface area (Å²) >= 11 is 0. The summed E-state index contributed by atoms with van der Waals surface area (Å²) < 4.78 is 94.9. The predicted octanol–water partition coefficient (Wildman–Crippen LogP) is 4.53. The van der Waals surface area contributed by atoms with Gasteiger partial charge in [-0.2, -0.15) is 12.9 Å². The molecule has 0 saturated carbocycles. The monoisotopic (exact) mass is 752 g/mol. The topological polar surface area (TPSA) is 125 Å². The second-order valence-corrected chi connectivity index (χ2v) is 18.9. The van der Waals surface area contributed by atoms with Crippen molar-refractivity contribution in [3.8, 4) is 0 Å². The van der Waals surface area contributed by atoms with Gasteiger partial charge in [-0.25, -0.2) is 25.3 Å². The van der Waals surface area contributed by atoms with Crippen LogP contribution in [0.4, 0.5) is 5.69 Å². The summed E-state index contributed by atoms with van der Waals surface area (Å²) in [6, 6.07) is 25.3. The fraction of sp³-hybridized carbons (Fsp3) is 0.351. The van der Waals surface area contributed by atoms with Gasteiger partial charge in [-0.1, -0.05) is 59.2 Å². The van der Waals surface area contributed by atoms with Crippen LogP contribution in [0.5, 0.6) is 0 Å². The van der Waals surface area contributed by atoms with Gasteiger partial charge in [0.1, 0.15) is 0 Å². The second-order valence-electron chi connectivity index (χ2n) is 13.1. The highest BCUT2D eigenvalue weighted by Gasteiger charge is 2.33. The fourth-order valence-corrected chi connectivity index (χ4v) is 10.5. The van der Waals surface area contributed by atoms with Gasteiger partial charge in [0.15, 0.2) is 0 Å². The minimum Gasteiger partial charge on any atom is -0.378 e. The number of aryl methyl sites for hydroxylation is 3. The zero-order chi connectivity index (χ0) is 36.4. The normalized spacial score (nSPS) is 17.8. The van der Waals surface area contributed by atoms with Crippen LogP contribution < -0.4 is 4.90 Å². The third-order valence-corrected chi connectivity index (χ3v) is 14.9. The third kappa shape index (κ3) is 8.38. The van der Waals surface area contributed by atoms with E-state index in [0.717, 1.165) is 22.4 Å². The highest BCUT2D eigenvalue weighted by Crippen LogP contribution is 2.28. The molecule has 0 unspecified atom stereocenters. The molecule has 1 fully saturated rings. The molecule has 51 heavy (non-hydrogen) atoms. The van der Waals surface area contributed by atoms with E-state index >= 15 is 0 Å². The van der Waals surface area contributed by atoms with Crippen molar-refractivity contribution in [3.63, 3.8) is 0 Å². The Morgan fingerprint density at radius 2 is 0.784 bits per heavy atom. The first-order valence-corrected chi connectivity index (χ1v) is 21.2. The Bertz CT molecular complexity index is 2060. The van der Waals surface area contributed by atoms with Crippen molar-refractivity contribution < 1.29 is 30.0 Å². The number of morpholine rings is 1. The third-order valence-electron chi connectivity index (χ3n) is 9.31. The quantitative estimate of drug-likeness (QED) is 0.270. The molecule has 0 atom stereocenters. The minimum absolute atomic E-state index is 0.0430. The molecule has 4 aromatic rings. The lowest BCUT2D eigenvalue weighted by molar-refractivity contribution is 0.122. The first kappa shape index (κ1) is 37.1. The predicted molar refractivity (Wildman–Crippen MR) is 197 cm³/mol. The molecule has 14 heteroatoms. The number of sulfonamides is 3. The SMILES string of the molecule is Cc1ccc(S(=O)(=O)N2CCN(S(=O)(=O)c3ccc(C)cc3)Cc3cc(cc(N4CCOCC4)c3)CN(S(=O)(=O)c3ccc(C)cc3)CC2)cc1. The Balaban J connectivity index is 1.47. The van der Waals surface area contributed by atoms with Gasteiger partial charge in [-0.3, -0.25) is 0 Å². The summed E-state index contributed by atoms with van der Waals surface area (Å²) in [5, 5.41) is 0. The van der Waals surface area contributed by atoms with Gasteiger partial charge in [-0.15, -0.1) is 0 Å². The Labute approximate surface area is 302 Å². The lowest BCUT2D eigenvalue weighted by Crippen LogP contribution is -2.45. The molecule has 272 valence electrons. The molecule has 2 bridgehead atoms. The van der Waals surface area contributed by atoms with Gasteiger partial charge in [0, 0.05) is 58.0 Å². The second kappa shape index (κ2) is 15.2. The van der Waals surface area contributed by atoms with E-state index in [0.29, 0.717) is 37.4 Å². The van der Waals surface area contributed by atoms with Gasteiger partial charge >= 0.3 is 0 Å². The van der Waals surface area contributed by atoms with Crippen LogP contribution in [0.1, 0.15) is 27.8 Å². The van der Waals surface area contributed by atoms with Gasteiger partial charge in [0.2, 0.25) is 30.1 Å². The number of fused-ring (bicyclic) bond motifs is 2. The Morgan fingerprint density at radius 3 is 1.16 bits per heavy atom. The standard InChI is InChI=1S/C37H44N4O7S3/c1-29-4-10-35(11-5-29)49(42,43)39-16-18-40(50(44,45)36-12-6-30(2)7-13-36)27-32-24-33(26-34(25-32)38-20-22-48-23-21-38)28-41(19-17-39)51(46,47)37-14-8-31(3)9-15-37/h4-15,24-26H,16-23,27-28H2,1-3H3. The minimum atomic E-state index is -4.16. The molecule has 0 radical (unpaired) electrons. The maximum atomic E-state index is 14.3. The van der Waals surface area contributed by atoms with Crippen molar-refractivity contribution in [2.24, 2.45) is 0 Å². The molecule has 0 spiro atoms. The lowest BCUT2D eigenvalue weighted by Gasteiger charge is -2.32. The number of rotatable bonds is 7. The molecule has 6 rings (SSSR count). The summed E-state index contributed by atoms with van der Waals surface area (Å²) in [6.07, 6.45) is 0. The van der Waals surface area contributed by atoms with E-state index in [4.69, 9.17) is 4.74 Å². The molecule has 1 saturated heterocycles. The van der Waals surface area contributed by atoms with Crippen molar-refractivity contribution >= 4 is 35.8 Å². The van der Waals surface area contributed by atoms with Crippen molar-refractivity contribution in [2.45, 2.75) is 48.5 Å². The number of ether oxygens (including phenoxy) is 1. The van der Waals surface area contributed by atoms with E-state index in [1.54, 1.807) is 60.7 Å². The molecular weight excluding hydrogens is 709 g/mol. The zero-order valence-corrected chi connectivity index (χ0v) is 31.6. The first-order chi connectivity index (χ1) is 24.2. The Hall–Kier alpha value is -3.63. The highest BCUT2D eigenvalue weighted by atomic mass is 32.2. The molecule has 0 N–H and O–H groups in total. The average molecular weight is 753 g/mol. The summed E-state index contributed by atoms with van der Waals surface area (Å²) in [5.41, 5.74) is 4.85. The van der Waals surface area contributed by atoms with Crippen molar-refractivity contribution in [1.29, 1.82) is 0 Å². The van der Waals surface area contributed by atoms with Gasteiger partial charge in [0.25, 0.3) is 0 Å². The first-order valence-electron chi connectivity index (χ1n) is 16.9. The largest absolute Gasteiger partial charge is 0.378 e. The van der Waals surface area contributed by atoms with Crippen LogP contribution >= 0.6 is 0 Å². The van der Waals surface area contributed by atoms with E-state index < -0.39 is 30.1 Å². The maximum Gasteiger partial charge on any atom is 0.243 e.